The van der Waals surface area contributed by atoms with Crippen LogP contribution < -0.4 is 30.1 Å². The van der Waals surface area contributed by atoms with Crippen LogP contribution >= 0.6 is 22.1 Å². The molecule has 4 aliphatic rings. The predicted molar refractivity (Wildman–Crippen MR) is 202 cm³/mol. The van der Waals surface area contributed by atoms with Gasteiger partial charge in [0.2, 0.25) is 5.91 Å². The number of hydrogen-bond acceptors (Lipinski definition) is 11. The third-order valence-corrected chi connectivity index (χ3v) is 14.1. The molecule has 2 aromatic heterocycles. The van der Waals surface area contributed by atoms with Crippen molar-refractivity contribution in [1.29, 1.82) is 0 Å². The number of fused-ring (bicyclic) bond motifs is 2. The number of nitrogens with zero attached hydrogens (tertiary/aromatic N) is 2. The van der Waals surface area contributed by atoms with Crippen molar-refractivity contribution in [2.75, 3.05) is 19.0 Å². The van der Waals surface area contributed by atoms with E-state index in [4.69, 9.17) is 19.4 Å². The van der Waals surface area contributed by atoms with Crippen molar-refractivity contribution in [2.24, 2.45) is 5.92 Å². The zero-order valence-electron chi connectivity index (χ0n) is 29.8. The lowest BCUT2D eigenvalue weighted by atomic mass is 10.0. The molecule has 0 unspecified atom stereocenters. The Hall–Kier alpha value is -3.17. The zero-order valence-corrected chi connectivity index (χ0v) is 31.5. The van der Waals surface area contributed by atoms with Gasteiger partial charge < -0.3 is 25.4 Å². The summed E-state index contributed by atoms with van der Waals surface area (Å²) in [4.78, 5) is 37.4. The molecule has 2 aliphatic carbocycles. The minimum Gasteiger partial charge on any atom is -0.497 e. The molecule has 4 heterocycles. The van der Waals surface area contributed by atoms with Gasteiger partial charge in [-0.05, 0) is 64.0 Å². The van der Waals surface area contributed by atoms with Crippen LogP contribution in [0.3, 0.4) is 0 Å². The van der Waals surface area contributed by atoms with Crippen molar-refractivity contribution in [3.8, 4) is 22.9 Å². The number of hydrogen-bond donors (Lipinski definition) is 6. The maximum Gasteiger partial charge on any atom is 0.264 e. The summed E-state index contributed by atoms with van der Waals surface area (Å²) in [6.45, 7) is 4.58. The number of ether oxygens (including phenoxy) is 2. The number of amides is 2. The number of methoxy groups -OCH3 is 1. The van der Waals surface area contributed by atoms with Crippen molar-refractivity contribution in [1.82, 2.24) is 25.3 Å². The summed E-state index contributed by atoms with van der Waals surface area (Å²) in [7, 11) is -1.74. The number of pyridine rings is 1. The van der Waals surface area contributed by atoms with E-state index in [2.05, 4.69) is 34.5 Å². The van der Waals surface area contributed by atoms with E-state index in [0.29, 0.717) is 61.4 Å². The lowest BCUT2D eigenvalue weighted by Crippen LogP contribution is -2.55. The smallest absolute Gasteiger partial charge is 0.264 e. The van der Waals surface area contributed by atoms with Crippen molar-refractivity contribution >= 4 is 50.0 Å². The van der Waals surface area contributed by atoms with E-state index in [0.717, 1.165) is 61.2 Å². The maximum absolute atomic E-state index is 13.9. The quantitative estimate of drug-likeness (QED) is 0.141. The molecule has 51 heavy (non-hydrogen) atoms. The van der Waals surface area contributed by atoms with Gasteiger partial charge in [0.05, 0.1) is 29.1 Å². The van der Waals surface area contributed by atoms with Gasteiger partial charge in [0.15, 0.2) is 5.13 Å². The third-order valence-electron chi connectivity index (χ3n) is 11.0. The third kappa shape index (κ3) is 7.80. The first kappa shape index (κ1) is 36.2. The van der Waals surface area contributed by atoms with E-state index in [-0.39, 0.29) is 24.0 Å². The largest absolute Gasteiger partial charge is 0.497 e. The molecule has 0 bridgehead atoms. The van der Waals surface area contributed by atoms with Crippen LogP contribution in [-0.4, -0.2) is 73.0 Å². The Labute approximate surface area is 305 Å². The fourth-order valence-electron chi connectivity index (χ4n) is 7.75. The molecular weight excluding hydrogens is 689 g/mol. The lowest BCUT2D eigenvalue weighted by Gasteiger charge is -2.42. The average Bonchev–Trinajstić information content (AvgIpc) is 3.91. The van der Waals surface area contributed by atoms with Crippen LogP contribution in [0.15, 0.2) is 29.6 Å². The van der Waals surface area contributed by atoms with Crippen LogP contribution in [0, 0.1) is 5.92 Å². The Kier molecular flexibility index (Phi) is 10.4. The number of rotatable bonds is 8. The van der Waals surface area contributed by atoms with Crippen LogP contribution in [-0.2, 0) is 9.59 Å². The van der Waals surface area contributed by atoms with Gasteiger partial charge in [-0.3, -0.25) is 23.4 Å². The second-order valence-electron chi connectivity index (χ2n) is 15.2. The molecule has 3 aromatic rings. The lowest BCUT2D eigenvalue weighted by molar-refractivity contribution is -0.130. The highest BCUT2D eigenvalue weighted by atomic mass is 32.3. The molecule has 12 nitrogen and oxygen atoms in total. The molecule has 7 rings (SSSR count). The molecule has 14 heteroatoms. The Balaban J connectivity index is 1.06. The number of thiazole rings is 1. The molecule has 2 saturated carbocycles. The van der Waals surface area contributed by atoms with E-state index >= 15 is 0 Å². The minimum atomic E-state index is -3.36. The second-order valence-corrected chi connectivity index (χ2v) is 18.2. The summed E-state index contributed by atoms with van der Waals surface area (Å²) in [5.74, 6) is 0.547. The molecule has 2 amide bonds. The van der Waals surface area contributed by atoms with Crippen LogP contribution in [0.25, 0.3) is 22.3 Å². The Morgan fingerprint density at radius 2 is 1.80 bits per heavy atom. The highest BCUT2D eigenvalue weighted by Gasteiger charge is 2.63. The van der Waals surface area contributed by atoms with Gasteiger partial charge in [0.1, 0.15) is 28.8 Å². The van der Waals surface area contributed by atoms with Crippen LogP contribution in [0.1, 0.15) is 97.3 Å². The van der Waals surface area contributed by atoms with Gasteiger partial charge in [-0.1, -0.05) is 44.9 Å². The first-order valence-corrected chi connectivity index (χ1v) is 21.0. The highest BCUT2D eigenvalue weighted by molar-refractivity contribution is 8.24. The van der Waals surface area contributed by atoms with E-state index in [1.54, 1.807) is 7.11 Å². The average molecular weight is 741 g/mol. The fraction of sp³-hybridized carbons (Fsp3) is 0.622. The Morgan fingerprint density at radius 1 is 1.04 bits per heavy atom. The monoisotopic (exact) mass is 740 g/mol. The zero-order chi connectivity index (χ0) is 35.8. The SMILES string of the molecule is COc1ccc2c(O[C@H]3CN[C@H](C(=O)N[C@]45C[C@H]4CCCCCCCCCC4(CC4)S(O)(O)NC5=O)C3)cc(-c3csc(NC(C)C)n3)nc2c1. The van der Waals surface area contributed by atoms with Gasteiger partial charge in [-0.15, -0.1) is 22.1 Å². The molecule has 0 radical (unpaired) electrons. The first-order chi connectivity index (χ1) is 24.5. The molecule has 6 N–H and O–H groups in total. The summed E-state index contributed by atoms with van der Waals surface area (Å²) in [6, 6.07) is 7.25. The van der Waals surface area contributed by atoms with Gasteiger partial charge in [-0.25, -0.2) is 9.97 Å². The molecule has 4 atom stereocenters. The van der Waals surface area contributed by atoms with Crippen molar-refractivity contribution in [3.05, 3.63) is 29.6 Å². The van der Waals surface area contributed by atoms with Crippen LogP contribution in [0.4, 0.5) is 5.13 Å². The van der Waals surface area contributed by atoms with E-state index in [1.165, 1.54) is 17.8 Å². The number of carbonyl (C=O) groups is 2. The molecular formula is C37H52N6O6S2. The van der Waals surface area contributed by atoms with Gasteiger partial charge in [0.25, 0.3) is 5.91 Å². The number of carbonyl (C=O) groups excluding carboxylic acids is 2. The summed E-state index contributed by atoms with van der Waals surface area (Å²) >= 11 is 1.52. The predicted octanol–water partition coefficient (Wildman–Crippen LogP) is 7.01. The van der Waals surface area contributed by atoms with Crippen LogP contribution in [0.5, 0.6) is 11.5 Å². The molecule has 1 aromatic carbocycles. The first-order valence-electron chi connectivity index (χ1n) is 18.5. The number of benzene rings is 1. The number of aromatic nitrogens is 2. The molecule has 4 fully saturated rings. The Morgan fingerprint density at radius 3 is 2.55 bits per heavy atom. The van der Waals surface area contributed by atoms with E-state index in [1.807, 2.05) is 29.6 Å². The van der Waals surface area contributed by atoms with E-state index < -0.39 is 33.0 Å². The van der Waals surface area contributed by atoms with E-state index in [9.17, 15) is 18.7 Å². The summed E-state index contributed by atoms with van der Waals surface area (Å²) in [5, 5.41) is 13.4. The summed E-state index contributed by atoms with van der Waals surface area (Å²) in [5.41, 5.74) is 0.983. The molecule has 2 saturated heterocycles. The molecule has 1 spiro atoms. The van der Waals surface area contributed by atoms with Gasteiger partial charge in [0, 0.05) is 41.9 Å². The second kappa shape index (κ2) is 14.7. The van der Waals surface area contributed by atoms with Gasteiger partial charge >= 0.3 is 0 Å². The van der Waals surface area contributed by atoms with Gasteiger partial charge in [-0.2, -0.15) is 0 Å². The number of anilines is 1. The Bertz CT molecular complexity index is 1750. The highest BCUT2D eigenvalue weighted by Crippen LogP contribution is 2.66. The topological polar surface area (TPSA) is 167 Å². The fourth-order valence-corrected chi connectivity index (χ4v) is 10.4. The standard InChI is InChI=1S/C37H52N6O6S2/c1-23(2)39-35-41-31(22-50-35)29-19-32(27-13-12-25(48-3)17-28(27)40-29)49-26-18-30(38-21-26)33(44)42-37-20-24(37)11-9-7-5-4-6-8-10-14-36(15-16-36)51(46,47)43-34(37)45/h12-13,17,19,22-24,26,30,38,46-47H,4-11,14-16,18,20-21H2,1-3H3,(H,39,41)(H,42,44)(H,43,45)/t24-,26-,30+,37-/m1/s1. The normalized spacial score (nSPS) is 28.2. The number of nitrogens with one attached hydrogen (secondary N) is 4. The maximum atomic E-state index is 13.9. The molecule has 2 aliphatic heterocycles. The summed E-state index contributed by atoms with van der Waals surface area (Å²) in [6.07, 6.45) is 11.1. The van der Waals surface area contributed by atoms with Crippen molar-refractivity contribution in [3.63, 3.8) is 0 Å². The molecule has 278 valence electrons. The van der Waals surface area contributed by atoms with Crippen molar-refractivity contribution < 1.29 is 28.2 Å². The minimum absolute atomic E-state index is 0.0362. The summed E-state index contributed by atoms with van der Waals surface area (Å²) < 4.78 is 36.6. The van der Waals surface area contributed by atoms with Crippen molar-refractivity contribution in [2.45, 2.75) is 126 Å². The van der Waals surface area contributed by atoms with Crippen LogP contribution in [0.2, 0.25) is 0 Å².